The van der Waals surface area contributed by atoms with Crippen LogP contribution in [0.25, 0.3) is 11.1 Å². The van der Waals surface area contributed by atoms with Crippen LogP contribution in [0.5, 0.6) is 0 Å². The molecule has 3 N–H and O–H groups in total. The predicted molar refractivity (Wildman–Crippen MR) is 258 cm³/mol. The molecule has 2 aliphatic rings. The van der Waals surface area contributed by atoms with Crippen molar-refractivity contribution < 1.29 is 18.4 Å². The Morgan fingerprint density at radius 2 is 1.52 bits per heavy atom. The Bertz CT molecular complexity index is 2370. The number of piperidine rings is 1. The standard InChI is InChI=1S/C50H62ClN7O5S/c1-54(2)28-24-39-25-29-55(30-26-39)31-27-44(19-12-38-8-4-3-5-9-38)52-48-23-22-46(36-49(48)58(60)61)64(62,63)53-50(59)41-15-20-45(21-16-41)57-34-32-56(33-35-57)37-42-10-6-7-11-47(42)40-13-17-43(51)18-14-40/h3-11,13-18,20-23,36,39,44,50,52-53,59H,12,19,24-35,37H2,1-2H3. The lowest BCUT2D eigenvalue weighted by molar-refractivity contribution is -0.384. The molecule has 0 bridgehead atoms. The molecule has 2 saturated heterocycles. The van der Waals surface area contributed by atoms with Gasteiger partial charge in [-0.3, -0.25) is 15.0 Å². The molecule has 0 aliphatic carbocycles. The number of likely N-dealkylation sites (tertiary alicyclic amines) is 1. The van der Waals surface area contributed by atoms with Gasteiger partial charge >= 0.3 is 0 Å². The van der Waals surface area contributed by atoms with Crippen molar-refractivity contribution in [3.63, 3.8) is 0 Å². The molecule has 0 radical (unpaired) electrons. The lowest BCUT2D eigenvalue weighted by Gasteiger charge is -2.36. The van der Waals surface area contributed by atoms with E-state index in [1.165, 1.54) is 48.1 Å². The van der Waals surface area contributed by atoms with Crippen LogP contribution in [0.2, 0.25) is 5.02 Å². The fourth-order valence-electron chi connectivity index (χ4n) is 8.85. The molecule has 7 rings (SSSR count). The lowest BCUT2D eigenvalue weighted by atomic mass is 9.93. The molecular weight excluding hydrogens is 846 g/mol. The molecule has 2 fully saturated rings. The molecule has 14 heteroatoms. The Hall–Kier alpha value is -4.86. The number of rotatable bonds is 20. The van der Waals surface area contributed by atoms with E-state index in [4.69, 9.17) is 11.6 Å². The van der Waals surface area contributed by atoms with Gasteiger partial charge in [-0.15, -0.1) is 0 Å². The predicted octanol–water partition coefficient (Wildman–Crippen LogP) is 8.67. The van der Waals surface area contributed by atoms with Gasteiger partial charge in [0.2, 0.25) is 10.0 Å². The average molecular weight is 909 g/mol. The van der Waals surface area contributed by atoms with Crippen molar-refractivity contribution in [2.24, 2.45) is 5.92 Å². The van der Waals surface area contributed by atoms with Crippen molar-refractivity contribution in [3.8, 4) is 11.1 Å². The van der Waals surface area contributed by atoms with Crippen molar-refractivity contribution >= 4 is 38.7 Å². The number of aliphatic hydroxyl groups is 1. The van der Waals surface area contributed by atoms with Gasteiger partial charge in [0.25, 0.3) is 5.69 Å². The Morgan fingerprint density at radius 1 is 0.828 bits per heavy atom. The summed E-state index contributed by atoms with van der Waals surface area (Å²) in [5.41, 5.74) is 6.04. The van der Waals surface area contributed by atoms with Crippen LogP contribution in [-0.4, -0.2) is 106 Å². The summed E-state index contributed by atoms with van der Waals surface area (Å²) in [5.74, 6) is 0.736. The van der Waals surface area contributed by atoms with Crippen molar-refractivity contribution in [1.82, 2.24) is 19.4 Å². The topological polar surface area (TPSA) is 135 Å². The number of hydrogen-bond acceptors (Lipinski definition) is 10. The highest BCUT2D eigenvalue weighted by Gasteiger charge is 2.27. The zero-order valence-corrected chi connectivity index (χ0v) is 38.6. The van der Waals surface area contributed by atoms with E-state index in [-0.39, 0.29) is 22.3 Å². The van der Waals surface area contributed by atoms with Crippen LogP contribution in [0, 0.1) is 16.0 Å². The van der Waals surface area contributed by atoms with Gasteiger partial charge in [-0.05, 0) is 142 Å². The minimum absolute atomic E-state index is 0.0807. The highest BCUT2D eigenvalue weighted by atomic mass is 35.5. The van der Waals surface area contributed by atoms with E-state index in [1.807, 2.05) is 42.5 Å². The Kier molecular flexibility index (Phi) is 16.5. The number of aryl methyl sites for hydroxylation is 1. The van der Waals surface area contributed by atoms with Crippen LogP contribution < -0.4 is 14.9 Å². The smallest absolute Gasteiger partial charge is 0.293 e. The molecule has 12 nitrogen and oxygen atoms in total. The quantitative estimate of drug-likeness (QED) is 0.0396. The summed E-state index contributed by atoms with van der Waals surface area (Å²) in [6, 6.07) is 37.5. The average Bonchev–Trinajstić information content (AvgIpc) is 3.30. The van der Waals surface area contributed by atoms with E-state index in [9.17, 15) is 23.6 Å². The second-order valence-electron chi connectivity index (χ2n) is 17.5. The number of piperazine rings is 1. The molecule has 0 amide bonds. The molecule has 0 saturated carbocycles. The molecule has 340 valence electrons. The fourth-order valence-corrected chi connectivity index (χ4v) is 10.1. The van der Waals surface area contributed by atoms with Crippen molar-refractivity contribution in [2.75, 3.05) is 76.7 Å². The second-order valence-corrected chi connectivity index (χ2v) is 19.7. The minimum Gasteiger partial charge on any atom is -0.377 e. The maximum atomic E-state index is 13.6. The van der Waals surface area contributed by atoms with Crippen molar-refractivity contribution in [1.29, 1.82) is 0 Å². The van der Waals surface area contributed by atoms with Gasteiger partial charge in [-0.2, -0.15) is 4.72 Å². The minimum atomic E-state index is -4.34. The number of nitro groups is 1. The number of aliphatic hydroxyl groups excluding tert-OH is 1. The van der Waals surface area contributed by atoms with E-state index in [1.54, 1.807) is 12.1 Å². The van der Waals surface area contributed by atoms with Gasteiger partial charge in [0.05, 0.1) is 9.82 Å². The second kappa shape index (κ2) is 22.4. The largest absolute Gasteiger partial charge is 0.377 e. The molecular formula is C50H62ClN7O5S. The molecule has 0 spiro atoms. The number of hydrogen-bond donors (Lipinski definition) is 3. The normalized spacial score (nSPS) is 16.5. The monoisotopic (exact) mass is 907 g/mol. The first-order valence-electron chi connectivity index (χ1n) is 22.5. The van der Waals surface area contributed by atoms with E-state index >= 15 is 0 Å². The third kappa shape index (κ3) is 13.1. The maximum Gasteiger partial charge on any atom is 0.293 e. The van der Waals surface area contributed by atoms with E-state index in [0.717, 1.165) is 101 Å². The van der Waals surface area contributed by atoms with Gasteiger partial charge in [0.15, 0.2) is 0 Å². The van der Waals surface area contributed by atoms with Crippen LogP contribution in [0.3, 0.4) is 0 Å². The first-order valence-corrected chi connectivity index (χ1v) is 24.3. The fraction of sp³-hybridized carbons (Fsp3) is 0.400. The zero-order chi connectivity index (χ0) is 45.1. The van der Waals surface area contributed by atoms with Crippen LogP contribution in [-0.2, 0) is 23.0 Å². The molecule has 2 aliphatic heterocycles. The van der Waals surface area contributed by atoms with Crippen molar-refractivity contribution in [2.45, 2.75) is 62.2 Å². The van der Waals surface area contributed by atoms with Gasteiger partial charge < -0.3 is 25.1 Å². The van der Waals surface area contributed by atoms with E-state index < -0.39 is 21.2 Å². The lowest BCUT2D eigenvalue weighted by Crippen LogP contribution is -2.46. The summed E-state index contributed by atoms with van der Waals surface area (Å²) >= 11 is 6.14. The van der Waals surface area contributed by atoms with Gasteiger partial charge in [-0.1, -0.05) is 90.5 Å². The highest BCUT2D eigenvalue weighted by Crippen LogP contribution is 2.32. The van der Waals surface area contributed by atoms with Gasteiger partial charge in [-0.25, -0.2) is 8.42 Å². The Morgan fingerprint density at radius 3 is 2.20 bits per heavy atom. The molecule has 5 aromatic rings. The molecule has 2 heterocycles. The number of nitrogens with zero attached hydrogens (tertiary/aromatic N) is 5. The summed E-state index contributed by atoms with van der Waals surface area (Å²) < 4.78 is 29.5. The number of sulfonamides is 1. The van der Waals surface area contributed by atoms with Gasteiger partial charge in [0.1, 0.15) is 11.9 Å². The summed E-state index contributed by atoms with van der Waals surface area (Å²) in [5, 5.41) is 27.7. The SMILES string of the molecule is CN(C)CCC1CCN(CCC(CCc2ccccc2)Nc2ccc(S(=O)(=O)NC(O)c3ccc(N4CCN(Cc5ccccc5-c5ccc(Cl)cc5)CC4)cc3)cc2[N+](=O)[O-])CC1. The molecule has 0 aromatic heterocycles. The van der Waals surface area contributed by atoms with E-state index in [0.29, 0.717) is 10.6 Å². The Balaban J connectivity index is 0.945. The number of nitrogens with one attached hydrogen (secondary N) is 2. The number of nitro benzene ring substituents is 1. The first-order chi connectivity index (χ1) is 30.9. The summed E-state index contributed by atoms with van der Waals surface area (Å²) in [6.07, 6.45) is 4.34. The first kappa shape index (κ1) is 47.1. The summed E-state index contributed by atoms with van der Waals surface area (Å²) in [7, 11) is -0.109. The maximum absolute atomic E-state index is 13.6. The summed E-state index contributed by atoms with van der Waals surface area (Å²) in [4.78, 5) is 21.1. The third-order valence-electron chi connectivity index (χ3n) is 12.7. The Labute approximate surface area is 384 Å². The molecule has 2 unspecified atom stereocenters. The molecule has 64 heavy (non-hydrogen) atoms. The van der Waals surface area contributed by atoms with Crippen LogP contribution in [0.1, 0.15) is 55.0 Å². The number of halogens is 1. The number of anilines is 2. The van der Waals surface area contributed by atoms with Crippen LogP contribution >= 0.6 is 11.6 Å². The van der Waals surface area contributed by atoms with Gasteiger partial charge in [0, 0.05) is 62.1 Å². The van der Waals surface area contributed by atoms with Crippen LogP contribution in [0.15, 0.2) is 126 Å². The molecule has 5 aromatic carbocycles. The van der Waals surface area contributed by atoms with E-state index in [2.05, 4.69) is 92.3 Å². The van der Waals surface area contributed by atoms with Crippen LogP contribution in [0.4, 0.5) is 17.1 Å². The molecule has 2 atom stereocenters. The number of benzene rings is 5. The van der Waals surface area contributed by atoms with Crippen molar-refractivity contribution in [3.05, 3.63) is 153 Å². The summed E-state index contributed by atoms with van der Waals surface area (Å²) in [6.45, 7) is 8.23. The zero-order valence-electron chi connectivity index (χ0n) is 37.0. The third-order valence-corrected chi connectivity index (χ3v) is 14.4. The highest BCUT2D eigenvalue weighted by molar-refractivity contribution is 7.89.